The molecule has 1 heterocycles. The van der Waals surface area contributed by atoms with Gasteiger partial charge in [0.25, 0.3) is 5.89 Å². The van der Waals surface area contributed by atoms with Gasteiger partial charge in [-0.25, -0.2) is 4.39 Å². The van der Waals surface area contributed by atoms with Crippen LogP contribution in [0.25, 0.3) is 11.5 Å². The van der Waals surface area contributed by atoms with E-state index < -0.39 is 5.82 Å². The van der Waals surface area contributed by atoms with Gasteiger partial charge in [-0.05, 0) is 18.2 Å². The standard InChI is InChI=1S/C12H11FN2O2/c1-7(2)10(16)12-15-14-11(17-12)8-4-3-5-9(13)6-8/h3-7H,1-2H3. The third-order valence-electron chi connectivity index (χ3n) is 2.23. The Hall–Kier alpha value is -2.04. The van der Waals surface area contributed by atoms with E-state index in [0.717, 1.165) is 0 Å². The zero-order valence-electron chi connectivity index (χ0n) is 9.48. The quantitative estimate of drug-likeness (QED) is 0.766. The monoisotopic (exact) mass is 234 g/mol. The van der Waals surface area contributed by atoms with Crippen molar-refractivity contribution in [3.63, 3.8) is 0 Å². The number of benzene rings is 1. The van der Waals surface area contributed by atoms with E-state index in [0.29, 0.717) is 5.56 Å². The Morgan fingerprint density at radius 2 is 2.12 bits per heavy atom. The molecule has 5 heteroatoms. The molecule has 0 aliphatic carbocycles. The lowest BCUT2D eigenvalue weighted by Gasteiger charge is -1.97. The second kappa shape index (κ2) is 4.45. The third kappa shape index (κ3) is 2.38. The van der Waals surface area contributed by atoms with Gasteiger partial charge in [-0.1, -0.05) is 19.9 Å². The number of halogens is 1. The van der Waals surface area contributed by atoms with E-state index in [4.69, 9.17) is 4.42 Å². The topological polar surface area (TPSA) is 56.0 Å². The summed E-state index contributed by atoms with van der Waals surface area (Å²) in [6.07, 6.45) is 0. The van der Waals surface area contributed by atoms with Crippen molar-refractivity contribution in [3.05, 3.63) is 36.0 Å². The van der Waals surface area contributed by atoms with Gasteiger partial charge in [-0.15, -0.1) is 10.2 Å². The molecule has 4 nitrogen and oxygen atoms in total. The summed E-state index contributed by atoms with van der Waals surface area (Å²) >= 11 is 0. The van der Waals surface area contributed by atoms with Gasteiger partial charge in [0.2, 0.25) is 11.7 Å². The first-order chi connectivity index (χ1) is 8.08. The molecule has 0 unspecified atom stereocenters. The van der Waals surface area contributed by atoms with E-state index in [1.807, 2.05) is 0 Å². The Bertz CT molecular complexity index is 549. The summed E-state index contributed by atoms with van der Waals surface area (Å²) in [6, 6.07) is 5.77. The Labute approximate surface area is 97.5 Å². The van der Waals surface area contributed by atoms with Crippen molar-refractivity contribution in [1.82, 2.24) is 10.2 Å². The summed E-state index contributed by atoms with van der Waals surface area (Å²) in [5.74, 6) is -0.721. The van der Waals surface area contributed by atoms with Gasteiger partial charge in [-0.2, -0.15) is 0 Å². The molecule has 0 saturated carbocycles. The fourth-order valence-corrected chi connectivity index (χ4v) is 1.31. The maximum atomic E-state index is 13.0. The van der Waals surface area contributed by atoms with Crippen LogP contribution in [-0.4, -0.2) is 16.0 Å². The van der Waals surface area contributed by atoms with E-state index in [2.05, 4.69) is 10.2 Å². The maximum absolute atomic E-state index is 13.0. The molecule has 0 N–H and O–H groups in total. The first-order valence-corrected chi connectivity index (χ1v) is 5.21. The van der Waals surface area contributed by atoms with Crippen molar-refractivity contribution in [3.8, 4) is 11.5 Å². The molecule has 0 amide bonds. The van der Waals surface area contributed by atoms with Gasteiger partial charge in [0, 0.05) is 11.5 Å². The molecule has 0 radical (unpaired) electrons. The summed E-state index contributed by atoms with van der Waals surface area (Å²) in [6.45, 7) is 3.49. The highest BCUT2D eigenvalue weighted by Gasteiger charge is 2.18. The van der Waals surface area contributed by atoms with Crippen molar-refractivity contribution in [2.45, 2.75) is 13.8 Å². The maximum Gasteiger partial charge on any atom is 0.284 e. The van der Waals surface area contributed by atoms with Crippen molar-refractivity contribution in [2.75, 3.05) is 0 Å². The number of hydrogen-bond donors (Lipinski definition) is 0. The highest BCUT2D eigenvalue weighted by molar-refractivity contribution is 5.93. The van der Waals surface area contributed by atoms with E-state index in [-0.39, 0.29) is 23.5 Å². The zero-order valence-corrected chi connectivity index (χ0v) is 9.48. The number of carbonyl (C=O) groups excluding carboxylic acids is 1. The smallest absolute Gasteiger partial charge is 0.284 e. The molecule has 0 aliphatic rings. The van der Waals surface area contributed by atoms with Crippen LogP contribution in [0.3, 0.4) is 0 Å². The van der Waals surface area contributed by atoms with Gasteiger partial charge in [0.05, 0.1) is 0 Å². The lowest BCUT2D eigenvalue weighted by Crippen LogP contribution is -2.07. The Morgan fingerprint density at radius 3 is 2.76 bits per heavy atom. The van der Waals surface area contributed by atoms with Crippen LogP contribution in [-0.2, 0) is 0 Å². The molecule has 88 valence electrons. The predicted octanol–water partition coefficient (Wildman–Crippen LogP) is 2.71. The van der Waals surface area contributed by atoms with Crippen LogP contribution in [0.5, 0.6) is 0 Å². The molecule has 0 saturated heterocycles. The minimum absolute atomic E-state index is 0.0424. The summed E-state index contributed by atoms with van der Waals surface area (Å²) < 4.78 is 18.2. The van der Waals surface area contributed by atoms with Crippen molar-refractivity contribution in [2.24, 2.45) is 5.92 Å². The summed E-state index contributed by atoms with van der Waals surface area (Å²) in [7, 11) is 0. The number of aromatic nitrogens is 2. The fraction of sp³-hybridized carbons (Fsp3) is 0.250. The van der Waals surface area contributed by atoms with E-state index >= 15 is 0 Å². The van der Waals surface area contributed by atoms with Gasteiger partial charge in [0.15, 0.2) is 0 Å². The summed E-state index contributed by atoms with van der Waals surface area (Å²) in [5, 5.41) is 7.38. The van der Waals surface area contributed by atoms with Crippen LogP contribution in [0, 0.1) is 11.7 Å². The van der Waals surface area contributed by atoms with E-state index in [1.54, 1.807) is 26.0 Å². The molecular weight excluding hydrogens is 223 g/mol. The SMILES string of the molecule is CC(C)C(=O)c1nnc(-c2cccc(F)c2)o1. The Balaban J connectivity index is 2.33. The fourth-order valence-electron chi connectivity index (χ4n) is 1.31. The van der Waals surface area contributed by atoms with Crippen molar-refractivity contribution < 1.29 is 13.6 Å². The molecule has 0 bridgehead atoms. The molecule has 0 fully saturated rings. The second-order valence-corrected chi connectivity index (χ2v) is 3.94. The van der Waals surface area contributed by atoms with Crippen molar-refractivity contribution in [1.29, 1.82) is 0 Å². The lowest BCUT2D eigenvalue weighted by molar-refractivity contribution is 0.0905. The van der Waals surface area contributed by atoms with Gasteiger partial charge in [-0.3, -0.25) is 4.79 Å². The molecule has 17 heavy (non-hydrogen) atoms. The highest BCUT2D eigenvalue weighted by atomic mass is 19.1. The summed E-state index contributed by atoms with van der Waals surface area (Å²) in [4.78, 5) is 11.6. The molecule has 0 spiro atoms. The molecule has 1 aromatic heterocycles. The predicted molar refractivity (Wildman–Crippen MR) is 58.9 cm³/mol. The van der Waals surface area contributed by atoms with Crippen LogP contribution in [0.2, 0.25) is 0 Å². The second-order valence-electron chi connectivity index (χ2n) is 3.94. The number of Topliss-reactive ketones (excluding diaryl/α,β-unsaturated/α-hetero) is 1. The first-order valence-electron chi connectivity index (χ1n) is 5.21. The van der Waals surface area contributed by atoms with Crippen LogP contribution >= 0.6 is 0 Å². The number of carbonyl (C=O) groups is 1. The molecule has 2 aromatic rings. The first kappa shape index (κ1) is 11.4. The van der Waals surface area contributed by atoms with Crippen LogP contribution < -0.4 is 0 Å². The average molecular weight is 234 g/mol. The van der Waals surface area contributed by atoms with Crippen molar-refractivity contribution >= 4 is 5.78 Å². The number of nitrogens with zero attached hydrogens (tertiary/aromatic N) is 2. The minimum atomic E-state index is -0.391. The molecule has 0 aliphatic heterocycles. The largest absolute Gasteiger partial charge is 0.414 e. The minimum Gasteiger partial charge on any atom is -0.414 e. The normalized spacial score (nSPS) is 10.8. The van der Waals surface area contributed by atoms with Gasteiger partial charge >= 0.3 is 0 Å². The van der Waals surface area contributed by atoms with Gasteiger partial charge < -0.3 is 4.42 Å². The van der Waals surface area contributed by atoms with Crippen LogP contribution in [0.4, 0.5) is 4.39 Å². The molecular formula is C12H11FN2O2. The van der Waals surface area contributed by atoms with E-state index in [1.165, 1.54) is 12.1 Å². The average Bonchev–Trinajstić information content (AvgIpc) is 2.77. The van der Waals surface area contributed by atoms with Gasteiger partial charge in [0.1, 0.15) is 5.82 Å². The molecule has 2 rings (SSSR count). The lowest BCUT2D eigenvalue weighted by atomic mass is 10.1. The zero-order chi connectivity index (χ0) is 12.4. The molecule has 1 aromatic carbocycles. The Kier molecular flexibility index (Phi) is 2.99. The van der Waals surface area contributed by atoms with Crippen LogP contribution in [0.1, 0.15) is 24.5 Å². The van der Waals surface area contributed by atoms with Crippen LogP contribution in [0.15, 0.2) is 28.7 Å². The van der Waals surface area contributed by atoms with E-state index in [9.17, 15) is 9.18 Å². The highest BCUT2D eigenvalue weighted by Crippen LogP contribution is 2.19. The molecule has 0 atom stereocenters. The Morgan fingerprint density at radius 1 is 1.35 bits per heavy atom. The third-order valence-corrected chi connectivity index (χ3v) is 2.23. The summed E-state index contributed by atoms with van der Waals surface area (Å²) in [5.41, 5.74) is 0.459. The number of rotatable bonds is 3. The number of ketones is 1. The number of hydrogen-bond acceptors (Lipinski definition) is 4.